The first-order valence-corrected chi connectivity index (χ1v) is 11.1. The number of hydrogen-bond acceptors (Lipinski definition) is 7. The molecule has 0 radical (unpaired) electrons. The monoisotopic (exact) mass is 407 g/mol. The van der Waals surface area contributed by atoms with Crippen LogP contribution in [0.15, 0.2) is 36.5 Å². The molecule has 2 aliphatic heterocycles. The predicted molar refractivity (Wildman–Crippen MR) is 102 cm³/mol. The minimum absolute atomic E-state index is 0.114. The molecule has 4 atom stereocenters. The second kappa shape index (κ2) is 7.88. The van der Waals surface area contributed by atoms with Gasteiger partial charge >= 0.3 is 0 Å². The summed E-state index contributed by atoms with van der Waals surface area (Å²) < 4.78 is 39.0. The summed E-state index contributed by atoms with van der Waals surface area (Å²) in [5, 5.41) is 8.54. The number of nitrogens with one attached hydrogen (secondary N) is 1. The third-order valence-electron chi connectivity index (χ3n) is 5.02. The standard InChI is InChI=1S/C18H25N5O4S/c1-22(8-13-6-4-3-5-7-13)9-14-10-23(21-19-14)16-12-27-17-15(11-26-18(16)17)20-28(2,24)25/h3-7,10,15-18,20H,8-9,11-12H2,1-2H3/t15-,16-,17+,18+/m0/s1. The van der Waals surface area contributed by atoms with Gasteiger partial charge in [-0.2, -0.15) is 0 Å². The van der Waals surface area contributed by atoms with E-state index in [2.05, 4.69) is 32.1 Å². The first kappa shape index (κ1) is 19.5. The Labute approximate surface area is 164 Å². The SMILES string of the molecule is CN(Cc1ccccc1)Cc1cn([C@H]2CO[C@H]3[C@@H]2OC[C@@H]3NS(C)(=O)=O)nn1. The molecule has 2 aromatic rings. The van der Waals surface area contributed by atoms with E-state index in [9.17, 15) is 8.42 Å². The number of ether oxygens (including phenoxy) is 2. The van der Waals surface area contributed by atoms with E-state index in [4.69, 9.17) is 9.47 Å². The van der Waals surface area contributed by atoms with Gasteiger partial charge in [0, 0.05) is 13.1 Å². The lowest BCUT2D eigenvalue weighted by atomic mass is 10.1. The highest BCUT2D eigenvalue weighted by Gasteiger charge is 2.49. The minimum Gasteiger partial charge on any atom is -0.371 e. The number of rotatable bonds is 7. The van der Waals surface area contributed by atoms with Gasteiger partial charge < -0.3 is 9.47 Å². The Balaban J connectivity index is 1.37. The zero-order chi connectivity index (χ0) is 19.7. The van der Waals surface area contributed by atoms with E-state index in [0.717, 1.165) is 18.5 Å². The summed E-state index contributed by atoms with van der Waals surface area (Å²) in [7, 11) is -1.27. The molecule has 28 heavy (non-hydrogen) atoms. The van der Waals surface area contributed by atoms with E-state index in [1.807, 2.05) is 31.4 Å². The summed E-state index contributed by atoms with van der Waals surface area (Å²) in [6.07, 6.45) is 2.50. The number of benzene rings is 1. The van der Waals surface area contributed by atoms with Crippen molar-refractivity contribution in [1.82, 2.24) is 24.6 Å². The fourth-order valence-electron chi connectivity index (χ4n) is 3.86. The van der Waals surface area contributed by atoms with Gasteiger partial charge in [-0.15, -0.1) is 5.10 Å². The van der Waals surface area contributed by atoms with Gasteiger partial charge in [0.25, 0.3) is 0 Å². The molecule has 2 fully saturated rings. The van der Waals surface area contributed by atoms with Crippen LogP contribution in [0.1, 0.15) is 17.3 Å². The van der Waals surface area contributed by atoms with Crippen LogP contribution in [-0.2, 0) is 32.6 Å². The number of fused-ring (bicyclic) bond motifs is 1. The Morgan fingerprint density at radius 2 is 1.93 bits per heavy atom. The molecule has 1 N–H and O–H groups in total. The summed E-state index contributed by atoms with van der Waals surface area (Å²) >= 11 is 0. The first-order chi connectivity index (χ1) is 13.4. The quantitative estimate of drug-likeness (QED) is 0.698. The highest BCUT2D eigenvalue weighted by molar-refractivity contribution is 7.88. The van der Waals surface area contributed by atoms with Crippen molar-refractivity contribution < 1.29 is 17.9 Å². The van der Waals surface area contributed by atoms with E-state index in [1.165, 1.54) is 5.56 Å². The van der Waals surface area contributed by atoms with Gasteiger partial charge in [-0.25, -0.2) is 17.8 Å². The highest BCUT2D eigenvalue weighted by Crippen LogP contribution is 2.34. The molecule has 152 valence electrons. The molecular formula is C18H25N5O4S. The molecule has 9 nitrogen and oxygen atoms in total. The summed E-state index contributed by atoms with van der Waals surface area (Å²) in [6.45, 7) is 2.21. The number of nitrogens with zero attached hydrogens (tertiary/aromatic N) is 4. The maximum atomic E-state index is 11.5. The van der Waals surface area contributed by atoms with Crippen molar-refractivity contribution in [2.75, 3.05) is 26.5 Å². The van der Waals surface area contributed by atoms with Crippen LogP contribution in [0.2, 0.25) is 0 Å². The molecule has 0 saturated carbocycles. The lowest BCUT2D eigenvalue weighted by Crippen LogP contribution is -2.43. The van der Waals surface area contributed by atoms with Crippen LogP contribution in [0, 0.1) is 0 Å². The van der Waals surface area contributed by atoms with E-state index < -0.39 is 10.0 Å². The molecule has 0 amide bonds. The third kappa shape index (κ3) is 4.41. The molecule has 3 heterocycles. The molecule has 2 saturated heterocycles. The second-order valence-corrected chi connectivity index (χ2v) is 9.29. The van der Waals surface area contributed by atoms with Crippen LogP contribution < -0.4 is 4.72 Å². The predicted octanol–water partition coefficient (Wildman–Crippen LogP) is 0.167. The zero-order valence-corrected chi connectivity index (χ0v) is 16.7. The van der Waals surface area contributed by atoms with Gasteiger partial charge in [-0.05, 0) is 12.6 Å². The molecule has 0 unspecified atom stereocenters. The van der Waals surface area contributed by atoms with E-state index in [-0.39, 0.29) is 24.3 Å². The molecule has 0 spiro atoms. The molecule has 10 heteroatoms. The van der Waals surface area contributed by atoms with Crippen molar-refractivity contribution in [3.63, 3.8) is 0 Å². The van der Waals surface area contributed by atoms with Crippen molar-refractivity contribution in [2.24, 2.45) is 0 Å². The highest BCUT2D eigenvalue weighted by atomic mass is 32.2. The zero-order valence-electron chi connectivity index (χ0n) is 15.9. The van der Waals surface area contributed by atoms with Crippen molar-refractivity contribution in [3.05, 3.63) is 47.8 Å². The number of hydrogen-bond donors (Lipinski definition) is 1. The van der Waals surface area contributed by atoms with Crippen LogP contribution in [0.4, 0.5) is 0 Å². The van der Waals surface area contributed by atoms with Crippen molar-refractivity contribution in [1.29, 1.82) is 0 Å². The maximum absolute atomic E-state index is 11.5. The fraction of sp³-hybridized carbons (Fsp3) is 0.556. The summed E-state index contributed by atoms with van der Waals surface area (Å²) in [5.74, 6) is 0. The molecule has 4 rings (SSSR count). The van der Waals surface area contributed by atoms with Crippen LogP contribution in [-0.4, -0.2) is 73.1 Å². The Kier molecular flexibility index (Phi) is 5.48. The largest absolute Gasteiger partial charge is 0.371 e. The molecule has 1 aromatic carbocycles. The second-order valence-electron chi connectivity index (χ2n) is 7.51. The number of aromatic nitrogens is 3. The fourth-order valence-corrected chi connectivity index (χ4v) is 4.61. The Hall–Kier alpha value is -1.85. The summed E-state index contributed by atoms with van der Waals surface area (Å²) in [5.41, 5.74) is 2.11. The first-order valence-electron chi connectivity index (χ1n) is 9.23. The van der Waals surface area contributed by atoms with Gasteiger partial charge in [0.15, 0.2) is 0 Å². The normalized spacial score (nSPS) is 27.4. The van der Waals surface area contributed by atoms with Crippen LogP contribution in [0.25, 0.3) is 0 Å². The molecule has 1 aromatic heterocycles. The average Bonchev–Trinajstić information content (AvgIpc) is 3.32. The maximum Gasteiger partial charge on any atom is 0.209 e. The Bertz CT molecular complexity index is 904. The van der Waals surface area contributed by atoms with E-state index in [1.54, 1.807) is 4.68 Å². The summed E-state index contributed by atoms with van der Waals surface area (Å²) in [4.78, 5) is 2.18. The molecule has 0 bridgehead atoms. The van der Waals surface area contributed by atoms with Crippen molar-refractivity contribution in [2.45, 2.75) is 37.4 Å². The summed E-state index contributed by atoms with van der Waals surface area (Å²) in [6, 6.07) is 9.78. The average molecular weight is 407 g/mol. The van der Waals surface area contributed by atoms with Gasteiger partial charge in [0.1, 0.15) is 18.2 Å². The lowest BCUT2D eigenvalue weighted by molar-refractivity contribution is 0.0624. The van der Waals surface area contributed by atoms with Gasteiger partial charge in [0.2, 0.25) is 10.0 Å². The van der Waals surface area contributed by atoms with Crippen molar-refractivity contribution in [3.8, 4) is 0 Å². The van der Waals surface area contributed by atoms with Crippen LogP contribution in [0.5, 0.6) is 0 Å². The topological polar surface area (TPSA) is 98.6 Å². The molecule has 2 aliphatic rings. The van der Waals surface area contributed by atoms with E-state index in [0.29, 0.717) is 19.8 Å². The Morgan fingerprint density at radius 3 is 2.68 bits per heavy atom. The molecule has 0 aliphatic carbocycles. The van der Waals surface area contributed by atoms with Crippen molar-refractivity contribution >= 4 is 10.0 Å². The lowest BCUT2D eigenvalue weighted by Gasteiger charge is -2.17. The minimum atomic E-state index is -3.31. The van der Waals surface area contributed by atoms with Gasteiger partial charge in [0.05, 0.1) is 37.4 Å². The molecular weight excluding hydrogens is 382 g/mol. The smallest absolute Gasteiger partial charge is 0.209 e. The number of sulfonamides is 1. The van der Waals surface area contributed by atoms with Gasteiger partial charge in [-0.1, -0.05) is 35.5 Å². The van der Waals surface area contributed by atoms with Crippen LogP contribution >= 0.6 is 0 Å². The van der Waals surface area contributed by atoms with Crippen LogP contribution in [0.3, 0.4) is 0 Å². The van der Waals surface area contributed by atoms with Gasteiger partial charge in [-0.3, -0.25) is 4.90 Å². The van der Waals surface area contributed by atoms with E-state index >= 15 is 0 Å². The Morgan fingerprint density at radius 1 is 1.18 bits per heavy atom. The third-order valence-corrected chi connectivity index (χ3v) is 5.75.